The highest BCUT2D eigenvalue weighted by molar-refractivity contribution is 5.95. The van der Waals surface area contributed by atoms with Gasteiger partial charge in [0.1, 0.15) is 0 Å². The molecule has 1 aliphatic heterocycles. The molecule has 2 amide bonds. The summed E-state index contributed by atoms with van der Waals surface area (Å²) >= 11 is 0. The minimum absolute atomic E-state index is 0.0251. The predicted octanol–water partition coefficient (Wildman–Crippen LogP) is 4.19. The van der Waals surface area contributed by atoms with Crippen molar-refractivity contribution in [2.75, 3.05) is 18.0 Å². The van der Waals surface area contributed by atoms with Crippen LogP contribution >= 0.6 is 0 Å². The maximum atomic E-state index is 13.3. The minimum atomic E-state index is -0.195. The van der Waals surface area contributed by atoms with E-state index in [0.29, 0.717) is 19.5 Å². The van der Waals surface area contributed by atoms with Gasteiger partial charge in [0, 0.05) is 25.7 Å². The quantitative estimate of drug-likeness (QED) is 0.816. The lowest BCUT2D eigenvalue weighted by atomic mass is 9.90. The normalized spacial score (nSPS) is 16.0. The smallest absolute Gasteiger partial charge is 0.229 e. The molecular weight excluding hydrogens is 336 g/mol. The zero-order valence-electron chi connectivity index (χ0n) is 16.7. The molecule has 0 saturated heterocycles. The Morgan fingerprint density at radius 1 is 1.15 bits per heavy atom. The number of rotatable bonds is 4. The number of fused-ring (bicyclic) bond motifs is 1. The van der Waals surface area contributed by atoms with Crippen molar-refractivity contribution in [1.82, 2.24) is 4.90 Å². The van der Waals surface area contributed by atoms with Gasteiger partial charge in [0.2, 0.25) is 11.8 Å². The van der Waals surface area contributed by atoms with Crippen LogP contribution in [0, 0.1) is 13.8 Å². The van der Waals surface area contributed by atoms with Crippen LogP contribution in [0.1, 0.15) is 48.6 Å². The van der Waals surface area contributed by atoms with E-state index in [9.17, 15) is 9.59 Å². The highest BCUT2D eigenvalue weighted by Gasteiger charge is 2.32. The molecule has 142 valence electrons. The summed E-state index contributed by atoms with van der Waals surface area (Å²) in [7, 11) is 0. The fraction of sp³-hybridized carbons (Fsp3) is 0.391. The molecule has 0 aliphatic carbocycles. The fourth-order valence-corrected chi connectivity index (χ4v) is 4.02. The highest BCUT2D eigenvalue weighted by Crippen LogP contribution is 2.33. The molecule has 2 aromatic carbocycles. The maximum absolute atomic E-state index is 13.3. The van der Waals surface area contributed by atoms with Crippen LogP contribution in [0.15, 0.2) is 42.5 Å². The van der Waals surface area contributed by atoms with Crippen LogP contribution in [0.3, 0.4) is 0 Å². The third kappa shape index (κ3) is 3.90. The maximum Gasteiger partial charge on any atom is 0.229 e. The zero-order valence-corrected chi connectivity index (χ0v) is 16.7. The van der Waals surface area contributed by atoms with Crippen LogP contribution in [-0.4, -0.2) is 29.8 Å². The molecule has 0 spiro atoms. The van der Waals surface area contributed by atoms with Crippen molar-refractivity contribution in [1.29, 1.82) is 0 Å². The Kier molecular flexibility index (Phi) is 5.64. The summed E-state index contributed by atoms with van der Waals surface area (Å²) in [6.45, 7) is 8.93. The Bertz CT molecular complexity index is 859. The van der Waals surface area contributed by atoms with Gasteiger partial charge in [0.25, 0.3) is 0 Å². The van der Waals surface area contributed by atoms with Gasteiger partial charge in [-0.05, 0) is 55.5 Å². The second-order valence-corrected chi connectivity index (χ2v) is 7.31. The molecule has 0 aromatic heterocycles. The van der Waals surface area contributed by atoms with Gasteiger partial charge in [-0.15, -0.1) is 0 Å². The fourth-order valence-electron chi connectivity index (χ4n) is 4.02. The number of carbonyl (C=O) groups excluding carboxylic acids is 2. The number of carbonyl (C=O) groups is 2. The van der Waals surface area contributed by atoms with E-state index in [1.807, 2.05) is 42.7 Å². The van der Waals surface area contributed by atoms with Crippen LogP contribution in [0.25, 0.3) is 0 Å². The van der Waals surface area contributed by atoms with Gasteiger partial charge in [-0.2, -0.15) is 0 Å². The Labute approximate surface area is 161 Å². The van der Waals surface area contributed by atoms with Crippen molar-refractivity contribution in [2.24, 2.45) is 0 Å². The molecule has 1 aliphatic rings. The molecule has 1 heterocycles. The van der Waals surface area contributed by atoms with Crippen LogP contribution in [-0.2, 0) is 16.0 Å². The second kappa shape index (κ2) is 7.95. The number of aryl methyl sites for hydroxylation is 2. The first-order valence-corrected chi connectivity index (χ1v) is 9.65. The highest BCUT2D eigenvalue weighted by atomic mass is 16.2. The number of hydrogen-bond acceptors (Lipinski definition) is 2. The van der Waals surface area contributed by atoms with E-state index in [4.69, 9.17) is 0 Å². The molecule has 0 saturated carbocycles. The Morgan fingerprint density at radius 2 is 1.89 bits per heavy atom. The lowest BCUT2D eigenvalue weighted by molar-refractivity contribution is -0.133. The summed E-state index contributed by atoms with van der Waals surface area (Å²) in [5.41, 5.74) is 5.52. The van der Waals surface area contributed by atoms with Crippen LogP contribution < -0.4 is 4.90 Å². The van der Waals surface area contributed by atoms with Crippen molar-refractivity contribution in [3.63, 3.8) is 0 Å². The van der Waals surface area contributed by atoms with Gasteiger partial charge < -0.3 is 9.80 Å². The molecule has 2 aromatic rings. The first-order valence-electron chi connectivity index (χ1n) is 9.65. The van der Waals surface area contributed by atoms with E-state index in [1.54, 1.807) is 6.92 Å². The SMILES string of the molecule is CCN(C(=O)CC1c2ccccc2CCN1C(C)=O)c1cc(C)ccc1C. The number of benzene rings is 2. The lowest BCUT2D eigenvalue weighted by Crippen LogP contribution is -2.42. The van der Waals surface area contributed by atoms with E-state index in [2.05, 4.69) is 30.3 Å². The summed E-state index contributed by atoms with van der Waals surface area (Å²) in [6.07, 6.45) is 1.15. The van der Waals surface area contributed by atoms with E-state index < -0.39 is 0 Å². The number of amides is 2. The van der Waals surface area contributed by atoms with Gasteiger partial charge in [-0.25, -0.2) is 0 Å². The average Bonchev–Trinajstić information content (AvgIpc) is 2.65. The molecule has 0 N–H and O–H groups in total. The summed E-state index contributed by atoms with van der Waals surface area (Å²) < 4.78 is 0. The average molecular weight is 364 g/mol. The van der Waals surface area contributed by atoms with E-state index in [1.165, 1.54) is 5.56 Å². The first-order chi connectivity index (χ1) is 12.9. The summed E-state index contributed by atoms with van der Waals surface area (Å²) in [5, 5.41) is 0. The molecule has 4 nitrogen and oxygen atoms in total. The van der Waals surface area contributed by atoms with Gasteiger partial charge in [0.05, 0.1) is 12.5 Å². The van der Waals surface area contributed by atoms with Crippen LogP contribution in [0.5, 0.6) is 0 Å². The third-order valence-electron chi connectivity index (χ3n) is 5.46. The third-order valence-corrected chi connectivity index (χ3v) is 5.46. The predicted molar refractivity (Wildman–Crippen MR) is 109 cm³/mol. The summed E-state index contributed by atoms with van der Waals surface area (Å²) in [6, 6.07) is 14.2. The molecule has 1 atom stereocenters. The number of hydrogen-bond donors (Lipinski definition) is 0. The van der Waals surface area contributed by atoms with E-state index in [-0.39, 0.29) is 17.9 Å². The van der Waals surface area contributed by atoms with Crippen molar-refractivity contribution in [3.05, 3.63) is 64.7 Å². The van der Waals surface area contributed by atoms with Gasteiger partial charge >= 0.3 is 0 Å². The van der Waals surface area contributed by atoms with Crippen LogP contribution in [0.2, 0.25) is 0 Å². The Morgan fingerprint density at radius 3 is 2.59 bits per heavy atom. The summed E-state index contributed by atoms with van der Waals surface area (Å²) in [5.74, 6) is 0.0799. The molecular formula is C23H28N2O2. The molecule has 1 unspecified atom stereocenters. The lowest BCUT2D eigenvalue weighted by Gasteiger charge is -2.37. The first kappa shape index (κ1) is 19.2. The monoisotopic (exact) mass is 364 g/mol. The zero-order chi connectivity index (χ0) is 19.6. The summed E-state index contributed by atoms with van der Waals surface area (Å²) in [4.78, 5) is 29.2. The van der Waals surface area contributed by atoms with Gasteiger partial charge in [0.15, 0.2) is 0 Å². The number of nitrogens with zero attached hydrogens (tertiary/aromatic N) is 2. The molecule has 4 heteroatoms. The number of anilines is 1. The van der Waals surface area contributed by atoms with Crippen molar-refractivity contribution >= 4 is 17.5 Å². The molecule has 0 radical (unpaired) electrons. The Hall–Kier alpha value is -2.62. The minimum Gasteiger partial charge on any atom is -0.335 e. The second-order valence-electron chi connectivity index (χ2n) is 7.31. The molecule has 3 rings (SSSR count). The largest absolute Gasteiger partial charge is 0.335 e. The molecule has 0 bridgehead atoms. The van der Waals surface area contributed by atoms with Crippen molar-refractivity contribution < 1.29 is 9.59 Å². The van der Waals surface area contributed by atoms with Crippen molar-refractivity contribution in [3.8, 4) is 0 Å². The molecule has 27 heavy (non-hydrogen) atoms. The molecule has 0 fully saturated rings. The van der Waals surface area contributed by atoms with Gasteiger partial charge in [-0.1, -0.05) is 36.4 Å². The Balaban J connectivity index is 1.92. The van der Waals surface area contributed by atoms with Gasteiger partial charge in [-0.3, -0.25) is 9.59 Å². The van der Waals surface area contributed by atoms with Crippen LogP contribution in [0.4, 0.5) is 5.69 Å². The van der Waals surface area contributed by atoms with E-state index >= 15 is 0 Å². The van der Waals surface area contributed by atoms with Crippen molar-refractivity contribution in [2.45, 2.75) is 46.6 Å². The topological polar surface area (TPSA) is 40.6 Å². The standard InChI is InChI=1S/C23H28N2O2/c1-5-24(21-14-16(2)10-11-17(21)3)23(27)15-22-20-9-7-6-8-19(20)12-13-25(22)18(4)26/h6-11,14,22H,5,12-13,15H2,1-4H3. The van der Waals surface area contributed by atoms with E-state index in [0.717, 1.165) is 28.8 Å².